The zero-order chi connectivity index (χ0) is 11.9. The van der Waals surface area contributed by atoms with Gasteiger partial charge in [-0.2, -0.15) is 5.10 Å². The van der Waals surface area contributed by atoms with Gasteiger partial charge in [0.15, 0.2) is 0 Å². The first-order valence-electron chi connectivity index (χ1n) is 5.68. The van der Waals surface area contributed by atoms with Crippen molar-refractivity contribution in [1.82, 2.24) is 10.2 Å². The van der Waals surface area contributed by atoms with E-state index in [1.54, 1.807) is 6.20 Å². The average Bonchev–Trinajstić information content (AvgIpc) is 3.01. The fourth-order valence-electron chi connectivity index (χ4n) is 1.96. The van der Waals surface area contributed by atoms with Crippen LogP contribution in [-0.2, 0) is 4.79 Å². The molecule has 0 spiro atoms. The predicted molar refractivity (Wildman–Crippen MR) is 65.4 cm³/mol. The molecule has 0 atom stereocenters. The van der Waals surface area contributed by atoms with Crippen LogP contribution in [0.5, 0.6) is 0 Å². The highest BCUT2D eigenvalue weighted by atomic mass is 16.2. The summed E-state index contributed by atoms with van der Waals surface area (Å²) in [6.45, 7) is 0.423. The Bertz CT molecular complexity index is 571. The minimum Gasteiger partial charge on any atom is -0.329 e. The lowest BCUT2D eigenvalue weighted by atomic mass is 10.1. The van der Waals surface area contributed by atoms with Gasteiger partial charge in [0.25, 0.3) is 0 Å². The summed E-state index contributed by atoms with van der Waals surface area (Å²) in [4.78, 5) is 12.0. The van der Waals surface area contributed by atoms with E-state index in [9.17, 15) is 4.79 Å². The Morgan fingerprint density at radius 3 is 3.06 bits per heavy atom. The molecule has 0 saturated heterocycles. The molecule has 0 radical (unpaired) electrons. The minimum atomic E-state index is -0.314. The fourth-order valence-corrected chi connectivity index (χ4v) is 1.96. The van der Waals surface area contributed by atoms with Gasteiger partial charge in [0.05, 0.1) is 17.1 Å². The zero-order valence-corrected chi connectivity index (χ0v) is 9.36. The maximum absolute atomic E-state index is 12.0. The highest BCUT2D eigenvalue weighted by Crippen LogP contribution is 2.45. The molecule has 0 aliphatic heterocycles. The number of carbonyl (C=O) groups excluding carboxylic acids is 1. The van der Waals surface area contributed by atoms with Crippen molar-refractivity contribution >= 4 is 22.5 Å². The highest BCUT2D eigenvalue weighted by Gasteiger charge is 2.48. The van der Waals surface area contributed by atoms with E-state index in [0.717, 1.165) is 29.4 Å². The lowest BCUT2D eigenvalue weighted by Crippen LogP contribution is -2.30. The number of nitrogens with two attached hydrogens (primary N) is 1. The molecule has 5 heteroatoms. The summed E-state index contributed by atoms with van der Waals surface area (Å²) in [5.41, 5.74) is 7.06. The van der Waals surface area contributed by atoms with Gasteiger partial charge in [-0.05, 0) is 31.0 Å². The zero-order valence-electron chi connectivity index (χ0n) is 9.36. The van der Waals surface area contributed by atoms with Gasteiger partial charge in [0.2, 0.25) is 5.91 Å². The number of amides is 1. The number of nitrogens with zero attached hydrogens (tertiary/aromatic N) is 1. The molecule has 1 heterocycles. The van der Waals surface area contributed by atoms with Gasteiger partial charge in [0, 0.05) is 17.6 Å². The van der Waals surface area contributed by atoms with Crippen molar-refractivity contribution in [3.63, 3.8) is 0 Å². The maximum Gasteiger partial charge on any atom is 0.231 e. The van der Waals surface area contributed by atoms with Crippen LogP contribution in [0.15, 0.2) is 24.4 Å². The number of anilines is 1. The molecule has 1 aromatic heterocycles. The van der Waals surface area contributed by atoms with Crippen LogP contribution in [0.1, 0.15) is 12.8 Å². The molecule has 1 aromatic carbocycles. The number of carbonyl (C=O) groups is 1. The van der Waals surface area contributed by atoms with E-state index in [4.69, 9.17) is 5.73 Å². The van der Waals surface area contributed by atoms with E-state index in [2.05, 4.69) is 15.5 Å². The van der Waals surface area contributed by atoms with Crippen molar-refractivity contribution in [2.45, 2.75) is 12.8 Å². The Morgan fingerprint density at radius 1 is 1.53 bits per heavy atom. The summed E-state index contributed by atoms with van der Waals surface area (Å²) >= 11 is 0. The molecule has 0 bridgehead atoms. The van der Waals surface area contributed by atoms with Crippen molar-refractivity contribution < 1.29 is 4.79 Å². The van der Waals surface area contributed by atoms with E-state index in [-0.39, 0.29) is 11.3 Å². The number of hydrogen-bond acceptors (Lipinski definition) is 3. The van der Waals surface area contributed by atoms with Crippen LogP contribution in [0.25, 0.3) is 10.9 Å². The SMILES string of the molecule is NCC1(C(=O)Nc2ccc3[nH]ncc3c2)CC1. The number of fused-ring (bicyclic) bond motifs is 1. The summed E-state index contributed by atoms with van der Waals surface area (Å²) in [5.74, 6) is 0.0304. The molecule has 0 unspecified atom stereocenters. The standard InChI is InChI=1S/C12H14N4O/c13-7-12(3-4-12)11(17)15-9-1-2-10-8(5-9)6-14-16-10/h1-2,5-6H,3-4,7,13H2,(H,14,16)(H,15,17). The van der Waals surface area contributed by atoms with Gasteiger partial charge in [-0.1, -0.05) is 0 Å². The lowest BCUT2D eigenvalue weighted by Gasteiger charge is -2.12. The molecule has 1 fully saturated rings. The average molecular weight is 230 g/mol. The quantitative estimate of drug-likeness (QED) is 0.741. The summed E-state index contributed by atoms with van der Waals surface area (Å²) in [5, 5.41) is 10.7. The van der Waals surface area contributed by atoms with Crippen molar-refractivity contribution in [3.05, 3.63) is 24.4 Å². The Balaban J connectivity index is 1.82. The Labute approximate surface area is 98.4 Å². The first-order valence-corrected chi connectivity index (χ1v) is 5.68. The Kier molecular flexibility index (Phi) is 2.16. The number of nitrogens with one attached hydrogen (secondary N) is 2. The van der Waals surface area contributed by atoms with Gasteiger partial charge in [-0.3, -0.25) is 9.89 Å². The van der Waals surface area contributed by atoms with Crippen LogP contribution in [0.2, 0.25) is 0 Å². The van der Waals surface area contributed by atoms with Crippen molar-refractivity contribution in [1.29, 1.82) is 0 Å². The van der Waals surface area contributed by atoms with Gasteiger partial charge >= 0.3 is 0 Å². The van der Waals surface area contributed by atoms with Crippen LogP contribution in [0, 0.1) is 5.41 Å². The van der Waals surface area contributed by atoms with E-state index in [1.165, 1.54) is 0 Å². The van der Waals surface area contributed by atoms with Crippen molar-refractivity contribution in [2.24, 2.45) is 11.1 Å². The number of rotatable bonds is 3. The summed E-state index contributed by atoms with van der Waals surface area (Å²) < 4.78 is 0. The van der Waals surface area contributed by atoms with Crippen LogP contribution in [0.4, 0.5) is 5.69 Å². The number of aromatic nitrogens is 2. The van der Waals surface area contributed by atoms with E-state index >= 15 is 0 Å². The van der Waals surface area contributed by atoms with Gasteiger partial charge in [-0.25, -0.2) is 0 Å². The van der Waals surface area contributed by atoms with Crippen LogP contribution >= 0.6 is 0 Å². The third-order valence-electron chi connectivity index (χ3n) is 3.42. The monoisotopic (exact) mass is 230 g/mol. The smallest absolute Gasteiger partial charge is 0.231 e. The fraction of sp³-hybridized carbons (Fsp3) is 0.333. The molecule has 1 amide bonds. The lowest BCUT2D eigenvalue weighted by molar-refractivity contribution is -0.120. The number of benzene rings is 1. The predicted octanol–water partition coefficient (Wildman–Crippen LogP) is 1.24. The number of H-pyrrole nitrogens is 1. The molecular weight excluding hydrogens is 216 g/mol. The van der Waals surface area contributed by atoms with E-state index in [1.807, 2.05) is 18.2 Å². The normalized spacial score (nSPS) is 17.0. The van der Waals surface area contributed by atoms with Gasteiger partial charge in [0.1, 0.15) is 0 Å². The van der Waals surface area contributed by atoms with Gasteiger partial charge < -0.3 is 11.1 Å². The van der Waals surface area contributed by atoms with E-state index < -0.39 is 0 Å². The Morgan fingerprint density at radius 2 is 2.35 bits per heavy atom. The molecule has 88 valence electrons. The van der Waals surface area contributed by atoms with Crippen molar-refractivity contribution in [2.75, 3.05) is 11.9 Å². The largest absolute Gasteiger partial charge is 0.329 e. The molecule has 5 nitrogen and oxygen atoms in total. The molecule has 4 N–H and O–H groups in total. The second-order valence-corrected chi connectivity index (χ2v) is 4.61. The summed E-state index contributed by atoms with van der Waals surface area (Å²) in [6, 6.07) is 5.67. The van der Waals surface area contributed by atoms with Crippen LogP contribution in [-0.4, -0.2) is 22.6 Å². The minimum absolute atomic E-state index is 0.0304. The third kappa shape index (κ3) is 1.68. The van der Waals surface area contributed by atoms with Crippen LogP contribution < -0.4 is 11.1 Å². The molecule has 1 aliphatic carbocycles. The number of aromatic amines is 1. The van der Waals surface area contributed by atoms with Gasteiger partial charge in [-0.15, -0.1) is 0 Å². The first-order chi connectivity index (χ1) is 8.23. The highest BCUT2D eigenvalue weighted by molar-refractivity contribution is 5.98. The molecule has 17 heavy (non-hydrogen) atoms. The molecular formula is C12H14N4O. The third-order valence-corrected chi connectivity index (χ3v) is 3.42. The molecule has 3 rings (SSSR count). The summed E-state index contributed by atoms with van der Waals surface area (Å²) in [7, 11) is 0. The summed E-state index contributed by atoms with van der Waals surface area (Å²) in [6.07, 6.45) is 3.52. The molecule has 1 aliphatic rings. The molecule has 1 saturated carbocycles. The maximum atomic E-state index is 12.0. The number of hydrogen-bond donors (Lipinski definition) is 3. The van der Waals surface area contributed by atoms with E-state index in [0.29, 0.717) is 6.54 Å². The van der Waals surface area contributed by atoms with Crippen LogP contribution in [0.3, 0.4) is 0 Å². The molecule has 2 aromatic rings. The second-order valence-electron chi connectivity index (χ2n) is 4.61. The Hall–Kier alpha value is -1.88. The first kappa shape index (κ1) is 10.3. The van der Waals surface area contributed by atoms with Crippen molar-refractivity contribution in [3.8, 4) is 0 Å². The second kappa shape index (κ2) is 3.56. The topological polar surface area (TPSA) is 83.8 Å².